The van der Waals surface area contributed by atoms with Crippen molar-refractivity contribution >= 4 is 28.3 Å². The van der Waals surface area contributed by atoms with Crippen LogP contribution < -0.4 is 14.8 Å². The molecule has 0 unspecified atom stereocenters. The predicted molar refractivity (Wildman–Crippen MR) is 290 cm³/mol. The fraction of sp³-hybridized carbons (Fsp3) is 0.413. The van der Waals surface area contributed by atoms with E-state index >= 15 is 0 Å². The smallest absolute Gasteiger partial charge is 0.178 e. The number of hydrogen-bond donors (Lipinski definition) is 6. The van der Waals surface area contributed by atoms with Gasteiger partial charge in [0, 0.05) is 41.1 Å². The van der Waals surface area contributed by atoms with Crippen LogP contribution in [-0.4, -0.2) is 56.7 Å². The molecule has 384 valence electrons. The van der Waals surface area contributed by atoms with Gasteiger partial charge in [0.1, 0.15) is 36.1 Å². The molecule has 10 nitrogen and oxygen atoms in total. The number of aliphatic hydroxyl groups excluding tert-OH is 3. The second-order valence-corrected chi connectivity index (χ2v) is 20.4. The zero-order valence-electron chi connectivity index (χ0n) is 42.9. The molecule has 4 aliphatic rings. The minimum atomic E-state index is -1.83. The van der Waals surface area contributed by atoms with Crippen LogP contribution in [0.5, 0.6) is 17.2 Å². The van der Waals surface area contributed by atoms with Gasteiger partial charge in [-0.25, -0.2) is 0 Å². The number of aliphatic hydroxyl groups is 4. The standard InChI is InChI=1S/C63H73NO9/c1-5-6-8-19-46-29-30-72-51(35-47-34-49(66)26-24-45(47)18-12-11-16-42-17-13-20-48(31-42)64-57(41(3)65)32-43-14-9-7-10-15-43)36-50(67)25-22-44-23-28-59(71-4)60(33-44)73-39-56-52-27-21-40(2)53-38-58(68)61(46)55(62(52)53)37-54(56)63(69)70/h7,9-10,13-15,17,20-21,23-24,26-28,31,33-34,37-38,40-41,45-47,51,57,63-66,68-70H,5-6,8,11-12,16,18-19,22,25,32,35-36,39H2,1-4H3/t40-,41+,45-,46+,47+,51+,57-/m1/s1. The number of hydrogen-bond acceptors (Lipinski definition) is 10. The summed E-state index contributed by atoms with van der Waals surface area (Å²) >= 11 is 0. The van der Waals surface area contributed by atoms with Crippen LogP contribution in [0.15, 0.2) is 115 Å². The number of phenolic OH excluding ortho intramolecular Hbond substituents is 1. The van der Waals surface area contributed by atoms with Crippen molar-refractivity contribution in [1.29, 1.82) is 0 Å². The van der Waals surface area contributed by atoms with Crippen LogP contribution in [0.3, 0.4) is 0 Å². The third-order valence-electron chi connectivity index (χ3n) is 15.0. The van der Waals surface area contributed by atoms with E-state index in [0.29, 0.717) is 53.7 Å². The van der Waals surface area contributed by atoms with Gasteiger partial charge in [-0.3, -0.25) is 4.79 Å². The number of rotatable bonds is 18. The Morgan fingerprint density at radius 1 is 0.863 bits per heavy atom. The highest BCUT2D eigenvalue weighted by molar-refractivity contribution is 6.01. The molecule has 0 saturated carbocycles. The summed E-state index contributed by atoms with van der Waals surface area (Å²) in [5.41, 5.74) is 7.45. The summed E-state index contributed by atoms with van der Waals surface area (Å²) in [7, 11) is 1.57. The number of benzene rings is 5. The summed E-state index contributed by atoms with van der Waals surface area (Å²) in [6.07, 6.45) is 19.0. The molecule has 10 heteroatoms. The lowest BCUT2D eigenvalue weighted by molar-refractivity contribution is -0.121. The lowest BCUT2D eigenvalue weighted by atomic mass is 9.78. The molecule has 2 aliphatic carbocycles. The molecule has 0 radical (unpaired) electrons. The van der Waals surface area contributed by atoms with Crippen molar-refractivity contribution in [3.05, 3.63) is 159 Å². The first-order chi connectivity index (χ1) is 35.4. The third-order valence-corrected chi connectivity index (χ3v) is 15.0. The summed E-state index contributed by atoms with van der Waals surface area (Å²) in [5.74, 6) is 4.15. The van der Waals surface area contributed by atoms with E-state index in [2.05, 4.69) is 79.7 Å². The van der Waals surface area contributed by atoms with Crippen molar-refractivity contribution in [1.82, 2.24) is 0 Å². The topological polar surface area (TPSA) is 158 Å². The number of carbonyl (C=O) groups excluding carboxylic acids is 1. The molecule has 73 heavy (non-hydrogen) atoms. The Morgan fingerprint density at radius 3 is 2.45 bits per heavy atom. The number of ether oxygens (including phenoxy) is 3. The van der Waals surface area contributed by atoms with Crippen LogP contribution in [0, 0.1) is 23.9 Å². The van der Waals surface area contributed by atoms with Crippen molar-refractivity contribution in [3.63, 3.8) is 0 Å². The van der Waals surface area contributed by atoms with Crippen LogP contribution in [-0.2, 0) is 35.4 Å². The van der Waals surface area contributed by atoms with Crippen molar-refractivity contribution in [3.8, 4) is 29.3 Å². The quantitative estimate of drug-likeness (QED) is 0.0284. The number of Topliss-reactive ketones (excluding diaryl/α,β-unsaturated/α-hetero) is 1. The highest BCUT2D eigenvalue weighted by Gasteiger charge is 2.30. The van der Waals surface area contributed by atoms with Crippen LogP contribution >= 0.6 is 0 Å². The van der Waals surface area contributed by atoms with Crippen LogP contribution in [0.1, 0.15) is 148 Å². The first kappa shape index (κ1) is 52.8. The van der Waals surface area contributed by atoms with Gasteiger partial charge < -0.3 is 45.1 Å². The molecule has 6 N–H and O–H groups in total. The van der Waals surface area contributed by atoms with Gasteiger partial charge in [-0.05, 0) is 151 Å². The van der Waals surface area contributed by atoms with E-state index in [-0.39, 0.29) is 66.1 Å². The molecule has 7 atom stereocenters. The molecule has 0 fully saturated rings. The average molecular weight is 988 g/mol. The number of ketones is 1. The average Bonchev–Trinajstić information content (AvgIpc) is 3.37. The molecule has 2 heterocycles. The van der Waals surface area contributed by atoms with Gasteiger partial charge in [0.25, 0.3) is 0 Å². The number of nitrogens with one attached hydrogen (secondary N) is 1. The maximum absolute atomic E-state index is 14.0. The normalized spacial score (nSPS) is 20.5. The number of anilines is 1. The zero-order chi connectivity index (χ0) is 51.4. The largest absolute Gasteiger partial charge is 0.508 e. The zero-order valence-corrected chi connectivity index (χ0v) is 42.9. The molecular weight excluding hydrogens is 915 g/mol. The van der Waals surface area contributed by atoms with E-state index in [1.54, 1.807) is 19.3 Å². The SMILES string of the molecule is CCCCC[C@H]1C#CO[C@@H](C[C@@H]2C=C(O)C=C[C@H]2CCCCc2cccc(N[C@H](Cc3ccccc3)[C@H](C)O)c2)CC(=O)CCc2ccc(OC)c(c2)OCc2c(C(O)O)cc3c1c(O)cc1c3c2C=C[C@H]1C. The Bertz CT molecular complexity index is 2850. The molecule has 5 aromatic carbocycles. The van der Waals surface area contributed by atoms with Gasteiger partial charge >= 0.3 is 0 Å². The van der Waals surface area contributed by atoms with E-state index < -0.39 is 24.4 Å². The monoisotopic (exact) mass is 988 g/mol. The van der Waals surface area contributed by atoms with Crippen molar-refractivity contribution in [2.45, 2.75) is 147 Å². The molecule has 0 amide bonds. The van der Waals surface area contributed by atoms with Crippen LogP contribution in [0.25, 0.3) is 16.8 Å². The highest BCUT2D eigenvalue weighted by atomic mass is 16.5. The Hall–Kier alpha value is -6.51. The van der Waals surface area contributed by atoms with Gasteiger partial charge in [0.05, 0.1) is 25.2 Å². The lowest BCUT2D eigenvalue weighted by Crippen LogP contribution is -2.33. The highest BCUT2D eigenvalue weighted by Crippen LogP contribution is 2.47. The molecular formula is C63H73NO9. The minimum absolute atomic E-state index is 0.00928. The van der Waals surface area contributed by atoms with E-state index in [1.165, 1.54) is 11.1 Å². The second kappa shape index (κ2) is 24.9. The minimum Gasteiger partial charge on any atom is -0.508 e. The van der Waals surface area contributed by atoms with Crippen molar-refractivity contribution < 1.29 is 44.5 Å². The Morgan fingerprint density at radius 2 is 1.67 bits per heavy atom. The van der Waals surface area contributed by atoms with Crippen LogP contribution in [0.4, 0.5) is 5.69 Å². The number of allylic oxidation sites excluding steroid dienone is 4. The molecule has 2 aliphatic heterocycles. The molecule has 0 aromatic heterocycles. The Balaban J connectivity index is 1.06. The fourth-order valence-corrected chi connectivity index (χ4v) is 11.0. The van der Waals surface area contributed by atoms with E-state index in [9.17, 15) is 30.3 Å². The summed E-state index contributed by atoms with van der Waals surface area (Å²) in [5, 5.41) is 60.6. The number of unbranched alkanes of at least 4 members (excludes halogenated alkanes) is 3. The number of phenols is 1. The molecule has 0 spiro atoms. The van der Waals surface area contributed by atoms with Crippen molar-refractivity contribution in [2.24, 2.45) is 11.8 Å². The number of methoxy groups -OCH3 is 1. The van der Waals surface area contributed by atoms with Gasteiger partial charge in [-0.2, -0.15) is 0 Å². The predicted octanol–water partition coefficient (Wildman–Crippen LogP) is 12.6. The fourth-order valence-electron chi connectivity index (χ4n) is 11.0. The summed E-state index contributed by atoms with van der Waals surface area (Å²) < 4.78 is 18.7. The number of carbonyl (C=O) groups is 1. The van der Waals surface area contributed by atoms with Gasteiger partial charge in [-0.1, -0.05) is 112 Å². The lowest BCUT2D eigenvalue weighted by Gasteiger charge is -2.28. The first-order valence-corrected chi connectivity index (χ1v) is 26.4. The number of aromatic hydroxyl groups is 1. The van der Waals surface area contributed by atoms with E-state index in [0.717, 1.165) is 72.7 Å². The first-order valence-electron chi connectivity index (χ1n) is 26.4. The summed E-state index contributed by atoms with van der Waals surface area (Å²) in [6, 6.07) is 27.7. The molecule has 5 aromatic rings. The third kappa shape index (κ3) is 13.4. The summed E-state index contributed by atoms with van der Waals surface area (Å²) in [4.78, 5) is 14.0. The van der Waals surface area contributed by atoms with Crippen molar-refractivity contribution in [2.75, 3.05) is 12.4 Å². The van der Waals surface area contributed by atoms with Gasteiger partial charge in [-0.15, -0.1) is 0 Å². The number of aryl methyl sites for hydroxylation is 2. The van der Waals surface area contributed by atoms with E-state index in [1.807, 2.05) is 61.5 Å². The number of fused-ring (bicyclic) bond motifs is 9. The Kier molecular flexibility index (Phi) is 18.0. The second-order valence-electron chi connectivity index (χ2n) is 20.4. The maximum Gasteiger partial charge on any atom is 0.178 e. The Labute approximate surface area is 431 Å². The summed E-state index contributed by atoms with van der Waals surface area (Å²) in [6.45, 7) is 6.05. The van der Waals surface area contributed by atoms with Gasteiger partial charge in [0.2, 0.25) is 0 Å². The van der Waals surface area contributed by atoms with Crippen LogP contribution in [0.2, 0.25) is 0 Å². The van der Waals surface area contributed by atoms with E-state index in [4.69, 9.17) is 14.2 Å². The maximum atomic E-state index is 14.0. The molecule has 6 bridgehead atoms. The molecule has 9 rings (SSSR count). The van der Waals surface area contributed by atoms with Gasteiger partial charge in [0.15, 0.2) is 17.8 Å². The molecule has 0 saturated heterocycles.